The first-order valence-electron chi connectivity index (χ1n) is 13.7. The summed E-state index contributed by atoms with van der Waals surface area (Å²) in [6.07, 6.45) is 3.64. The van der Waals surface area contributed by atoms with Crippen molar-refractivity contribution in [1.29, 1.82) is 0 Å². The summed E-state index contributed by atoms with van der Waals surface area (Å²) in [5.74, 6) is -0.0609. The molecule has 2 aromatic carbocycles. The fourth-order valence-corrected chi connectivity index (χ4v) is 6.14. The van der Waals surface area contributed by atoms with E-state index in [1.807, 2.05) is 31.2 Å². The fourth-order valence-electron chi connectivity index (χ4n) is 6.14. The predicted octanol–water partition coefficient (Wildman–Crippen LogP) is 4.62. The molecule has 2 aliphatic heterocycles. The molecule has 2 aliphatic rings. The van der Waals surface area contributed by atoms with E-state index < -0.39 is 11.5 Å². The number of piperidine rings is 1. The van der Waals surface area contributed by atoms with Crippen LogP contribution >= 0.6 is 0 Å². The summed E-state index contributed by atoms with van der Waals surface area (Å²) in [6, 6.07) is 13.0. The molecule has 9 heteroatoms. The van der Waals surface area contributed by atoms with Gasteiger partial charge in [0.05, 0.1) is 25.3 Å². The normalized spacial score (nSPS) is 15.9. The minimum Gasteiger partial charge on any atom is -0.506 e. The number of ether oxygens (including phenoxy) is 2. The zero-order chi connectivity index (χ0) is 28.4. The van der Waals surface area contributed by atoms with Gasteiger partial charge in [0, 0.05) is 36.3 Å². The lowest BCUT2D eigenvalue weighted by atomic mass is 9.68. The van der Waals surface area contributed by atoms with Gasteiger partial charge in [-0.3, -0.25) is 14.4 Å². The Morgan fingerprint density at radius 3 is 2.33 bits per heavy atom. The van der Waals surface area contributed by atoms with Crippen molar-refractivity contribution in [3.05, 3.63) is 69.6 Å². The van der Waals surface area contributed by atoms with E-state index >= 15 is 0 Å². The van der Waals surface area contributed by atoms with Crippen molar-refractivity contribution in [3.8, 4) is 28.4 Å². The number of anilines is 1. The summed E-state index contributed by atoms with van der Waals surface area (Å²) in [7, 11) is 3.04. The number of aromatic nitrogens is 1. The summed E-state index contributed by atoms with van der Waals surface area (Å²) in [5, 5.41) is 14.6. The number of fused-ring (bicyclic) bond motifs is 2. The number of methoxy groups -OCH3 is 2. The highest BCUT2D eigenvalue weighted by atomic mass is 16.5. The second-order valence-electron chi connectivity index (χ2n) is 10.5. The number of nitrogens with zero attached hydrogens (tertiary/aromatic N) is 1. The van der Waals surface area contributed by atoms with Gasteiger partial charge in [0.25, 0.3) is 11.5 Å². The van der Waals surface area contributed by atoms with E-state index in [0.29, 0.717) is 67.1 Å². The number of benzene rings is 2. The van der Waals surface area contributed by atoms with Gasteiger partial charge >= 0.3 is 0 Å². The van der Waals surface area contributed by atoms with Gasteiger partial charge in [-0.2, -0.15) is 0 Å². The molecule has 3 heterocycles. The van der Waals surface area contributed by atoms with Gasteiger partial charge in [0.1, 0.15) is 22.8 Å². The van der Waals surface area contributed by atoms with Crippen molar-refractivity contribution in [1.82, 2.24) is 9.88 Å². The van der Waals surface area contributed by atoms with Crippen LogP contribution in [0.5, 0.6) is 17.2 Å². The summed E-state index contributed by atoms with van der Waals surface area (Å²) in [6.45, 7) is 2.74. The van der Waals surface area contributed by atoms with E-state index in [9.17, 15) is 19.5 Å². The molecule has 1 aromatic heterocycles. The van der Waals surface area contributed by atoms with E-state index in [0.717, 1.165) is 24.1 Å². The molecule has 210 valence electrons. The number of aromatic hydroxyl groups is 1. The molecule has 0 saturated carbocycles. The number of hydrogen-bond donors (Lipinski definition) is 3. The second-order valence-corrected chi connectivity index (χ2v) is 10.5. The number of amides is 2. The van der Waals surface area contributed by atoms with E-state index in [1.165, 1.54) is 14.2 Å². The lowest BCUT2D eigenvalue weighted by molar-refractivity contribution is -0.118. The number of aromatic amines is 1. The first kappa shape index (κ1) is 27.3. The Kier molecular flexibility index (Phi) is 7.56. The van der Waals surface area contributed by atoms with Crippen LogP contribution in [-0.2, 0) is 16.6 Å². The molecule has 0 bridgehead atoms. The first-order chi connectivity index (χ1) is 19.3. The highest BCUT2D eigenvalue weighted by Gasteiger charge is 2.43. The Morgan fingerprint density at radius 1 is 1.00 bits per heavy atom. The van der Waals surface area contributed by atoms with Gasteiger partial charge < -0.3 is 29.8 Å². The third-order valence-corrected chi connectivity index (χ3v) is 8.22. The molecule has 2 amide bonds. The van der Waals surface area contributed by atoms with Crippen LogP contribution in [0, 0.1) is 0 Å². The topological polar surface area (TPSA) is 121 Å². The molecule has 5 rings (SSSR count). The number of rotatable bonds is 7. The standard InChI is InChI=1S/C31H35N3O6/c1-4-5-10-21-25(26-22(39-2)12-8-13-23(26)40-3)28(36)27(29(37)33-21)30(38)34-16-14-31(15-17-34)18-24(35)32-20-11-7-6-9-19(20)31/h6-9,11-13H,4-5,10,14-18H2,1-3H3,(H,32,35)(H2,33,36,37). The number of likely N-dealkylation sites (tertiary alicyclic amines) is 1. The fraction of sp³-hybridized carbons (Fsp3) is 0.387. The molecule has 3 aromatic rings. The first-order valence-corrected chi connectivity index (χ1v) is 13.7. The van der Waals surface area contributed by atoms with Crippen molar-refractivity contribution in [2.75, 3.05) is 32.6 Å². The van der Waals surface area contributed by atoms with E-state index in [2.05, 4.69) is 10.3 Å². The maximum absolute atomic E-state index is 13.8. The number of carbonyl (C=O) groups is 2. The molecule has 40 heavy (non-hydrogen) atoms. The van der Waals surface area contributed by atoms with Gasteiger partial charge in [-0.1, -0.05) is 37.6 Å². The van der Waals surface area contributed by atoms with Crippen molar-refractivity contribution < 1.29 is 24.2 Å². The average Bonchev–Trinajstić information content (AvgIpc) is 2.96. The van der Waals surface area contributed by atoms with Crippen LogP contribution in [-0.4, -0.2) is 54.1 Å². The lowest BCUT2D eigenvalue weighted by Crippen LogP contribution is -2.49. The molecule has 0 aliphatic carbocycles. The van der Waals surface area contributed by atoms with Crippen LogP contribution < -0.4 is 20.3 Å². The monoisotopic (exact) mass is 545 g/mol. The van der Waals surface area contributed by atoms with Crippen molar-refractivity contribution in [2.24, 2.45) is 0 Å². The molecule has 1 spiro atoms. The van der Waals surface area contributed by atoms with Crippen molar-refractivity contribution in [2.45, 2.75) is 50.9 Å². The lowest BCUT2D eigenvalue weighted by Gasteiger charge is -2.44. The third kappa shape index (κ3) is 4.69. The molecule has 0 radical (unpaired) electrons. The molecule has 1 fully saturated rings. The molecular formula is C31H35N3O6. The summed E-state index contributed by atoms with van der Waals surface area (Å²) >= 11 is 0. The number of nitrogens with one attached hydrogen (secondary N) is 2. The zero-order valence-corrected chi connectivity index (χ0v) is 23.1. The Bertz CT molecular complexity index is 1480. The Balaban J connectivity index is 1.53. The van der Waals surface area contributed by atoms with Gasteiger partial charge in [-0.15, -0.1) is 0 Å². The van der Waals surface area contributed by atoms with Crippen LogP contribution in [0.2, 0.25) is 0 Å². The molecule has 9 nitrogen and oxygen atoms in total. The number of hydrogen-bond acceptors (Lipinski definition) is 6. The molecule has 0 atom stereocenters. The van der Waals surface area contributed by atoms with Crippen molar-refractivity contribution >= 4 is 17.5 Å². The van der Waals surface area contributed by atoms with Gasteiger partial charge in [0.2, 0.25) is 5.91 Å². The van der Waals surface area contributed by atoms with E-state index in [-0.39, 0.29) is 22.6 Å². The Labute approximate surface area is 233 Å². The third-order valence-electron chi connectivity index (χ3n) is 8.22. The molecular weight excluding hydrogens is 510 g/mol. The summed E-state index contributed by atoms with van der Waals surface area (Å²) in [5.41, 5.74) is 1.91. The maximum atomic E-state index is 13.8. The predicted molar refractivity (Wildman–Crippen MR) is 152 cm³/mol. The Hall–Kier alpha value is -4.27. The Morgan fingerprint density at radius 2 is 1.68 bits per heavy atom. The van der Waals surface area contributed by atoms with Crippen LogP contribution in [0.25, 0.3) is 11.1 Å². The van der Waals surface area contributed by atoms with E-state index in [4.69, 9.17) is 9.47 Å². The largest absolute Gasteiger partial charge is 0.506 e. The smallest absolute Gasteiger partial charge is 0.264 e. The van der Waals surface area contributed by atoms with Gasteiger partial charge in [-0.25, -0.2) is 0 Å². The number of pyridine rings is 1. The van der Waals surface area contributed by atoms with Gasteiger partial charge in [-0.05, 0) is 49.4 Å². The van der Waals surface area contributed by atoms with Gasteiger partial charge in [0.15, 0.2) is 0 Å². The van der Waals surface area contributed by atoms with E-state index in [1.54, 1.807) is 23.1 Å². The second kappa shape index (κ2) is 11.1. The highest BCUT2D eigenvalue weighted by Crippen LogP contribution is 2.47. The number of carbonyl (C=O) groups excluding carboxylic acids is 2. The summed E-state index contributed by atoms with van der Waals surface area (Å²) in [4.78, 5) is 44.2. The number of aryl methyl sites for hydroxylation is 1. The molecule has 1 saturated heterocycles. The van der Waals surface area contributed by atoms with Crippen LogP contribution in [0.15, 0.2) is 47.3 Å². The van der Waals surface area contributed by atoms with Crippen LogP contribution in [0.1, 0.15) is 60.6 Å². The average molecular weight is 546 g/mol. The molecule has 0 unspecified atom stereocenters. The van der Waals surface area contributed by atoms with Crippen molar-refractivity contribution in [3.63, 3.8) is 0 Å². The number of H-pyrrole nitrogens is 1. The SMILES string of the molecule is CCCCc1[nH]c(=O)c(C(=O)N2CCC3(CC2)CC(=O)Nc2ccccc23)c(O)c1-c1c(OC)cccc1OC. The number of unbranched alkanes of at least 4 members (excludes halogenated alkanes) is 1. The minimum atomic E-state index is -0.631. The maximum Gasteiger partial charge on any atom is 0.264 e. The highest BCUT2D eigenvalue weighted by molar-refractivity contribution is 6.00. The quantitative estimate of drug-likeness (QED) is 0.398. The zero-order valence-electron chi connectivity index (χ0n) is 23.1. The minimum absolute atomic E-state index is 0.0365. The molecule has 3 N–H and O–H groups in total. The number of para-hydroxylation sites is 1. The van der Waals surface area contributed by atoms with Crippen LogP contribution in [0.4, 0.5) is 5.69 Å². The van der Waals surface area contributed by atoms with Crippen LogP contribution in [0.3, 0.4) is 0 Å². The summed E-state index contributed by atoms with van der Waals surface area (Å²) < 4.78 is 11.2.